The van der Waals surface area contributed by atoms with Crippen molar-refractivity contribution in [3.63, 3.8) is 0 Å². The van der Waals surface area contributed by atoms with Gasteiger partial charge in [0.15, 0.2) is 0 Å². The molecule has 2 fully saturated rings. The number of hydrogen-bond acceptors (Lipinski definition) is 2. The van der Waals surface area contributed by atoms with Gasteiger partial charge in [0.25, 0.3) is 0 Å². The van der Waals surface area contributed by atoms with Gasteiger partial charge in [-0.05, 0) is 37.8 Å². The smallest absolute Gasteiger partial charge is 0.103 e. The molecule has 14 heavy (non-hydrogen) atoms. The third-order valence-corrected chi connectivity index (χ3v) is 3.69. The summed E-state index contributed by atoms with van der Waals surface area (Å²) in [5, 5.41) is 3.42. The lowest BCUT2D eigenvalue weighted by atomic mass is 9.96. The third kappa shape index (κ3) is 2.45. The highest BCUT2D eigenvalue weighted by Crippen LogP contribution is 2.20. The number of piperidine rings is 1. The molecule has 2 atom stereocenters. The number of halogens is 1. The van der Waals surface area contributed by atoms with Crippen molar-refractivity contribution in [3.8, 4) is 0 Å². The van der Waals surface area contributed by atoms with Crippen molar-refractivity contribution < 1.29 is 4.39 Å². The van der Waals surface area contributed by atoms with Crippen LogP contribution in [0, 0.1) is 11.8 Å². The van der Waals surface area contributed by atoms with Crippen LogP contribution < -0.4 is 5.32 Å². The lowest BCUT2D eigenvalue weighted by molar-refractivity contribution is 0.130. The van der Waals surface area contributed by atoms with Crippen molar-refractivity contribution >= 4 is 0 Å². The normalized spacial score (nSPS) is 36.4. The molecule has 1 N–H and O–H groups in total. The van der Waals surface area contributed by atoms with Gasteiger partial charge in [-0.25, -0.2) is 4.39 Å². The second-order valence-corrected chi connectivity index (χ2v) is 4.87. The average molecular weight is 200 g/mol. The van der Waals surface area contributed by atoms with E-state index in [4.69, 9.17) is 0 Å². The van der Waals surface area contributed by atoms with Gasteiger partial charge < -0.3 is 10.2 Å². The van der Waals surface area contributed by atoms with E-state index in [0.29, 0.717) is 0 Å². The first kappa shape index (κ1) is 10.4. The van der Waals surface area contributed by atoms with Crippen molar-refractivity contribution in [2.45, 2.75) is 25.9 Å². The predicted octanol–water partition coefficient (Wildman–Crippen LogP) is 1.28. The molecule has 2 aliphatic rings. The molecule has 2 aliphatic heterocycles. The first-order valence-corrected chi connectivity index (χ1v) is 5.83. The molecule has 2 rings (SSSR count). The SMILES string of the molecule is CC1CNCC1CN1CCC(F)CC1. The topological polar surface area (TPSA) is 15.3 Å². The number of likely N-dealkylation sites (tertiary alicyclic amines) is 1. The molecule has 0 bridgehead atoms. The summed E-state index contributed by atoms with van der Waals surface area (Å²) in [7, 11) is 0. The molecule has 0 aromatic carbocycles. The fourth-order valence-electron chi connectivity index (χ4n) is 2.52. The van der Waals surface area contributed by atoms with E-state index in [-0.39, 0.29) is 0 Å². The maximum absolute atomic E-state index is 12.9. The van der Waals surface area contributed by atoms with Gasteiger partial charge in [0, 0.05) is 19.6 Å². The van der Waals surface area contributed by atoms with Crippen LogP contribution in [-0.4, -0.2) is 43.8 Å². The van der Waals surface area contributed by atoms with Crippen LogP contribution in [0.2, 0.25) is 0 Å². The fraction of sp³-hybridized carbons (Fsp3) is 1.00. The standard InChI is InChI=1S/C11H21FN2/c1-9-6-13-7-10(9)8-14-4-2-11(12)3-5-14/h9-11,13H,2-8H2,1H3. The van der Waals surface area contributed by atoms with Crippen LogP contribution >= 0.6 is 0 Å². The van der Waals surface area contributed by atoms with Gasteiger partial charge in [-0.15, -0.1) is 0 Å². The maximum atomic E-state index is 12.9. The number of nitrogens with one attached hydrogen (secondary N) is 1. The predicted molar refractivity (Wildman–Crippen MR) is 56.1 cm³/mol. The van der Waals surface area contributed by atoms with Gasteiger partial charge >= 0.3 is 0 Å². The van der Waals surface area contributed by atoms with E-state index >= 15 is 0 Å². The van der Waals surface area contributed by atoms with E-state index in [1.54, 1.807) is 0 Å². The van der Waals surface area contributed by atoms with E-state index in [1.807, 2.05) is 0 Å². The second kappa shape index (κ2) is 4.58. The Morgan fingerprint density at radius 3 is 2.57 bits per heavy atom. The van der Waals surface area contributed by atoms with Gasteiger partial charge in [0.05, 0.1) is 0 Å². The van der Waals surface area contributed by atoms with Gasteiger partial charge in [0.1, 0.15) is 6.17 Å². The minimum absolute atomic E-state index is 0.537. The van der Waals surface area contributed by atoms with E-state index in [1.165, 1.54) is 6.54 Å². The van der Waals surface area contributed by atoms with Crippen LogP contribution in [0.3, 0.4) is 0 Å². The van der Waals surface area contributed by atoms with Crippen LogP contribution in [0.5, 0.6) is 0 Å². The quantitative estimate of drug-likeness (QED) is 0.722. The summed E-state index contributed by atoms with van der Waals surface area (Å²) in [5.41, 5.74) is 0. The van der Waals surface area contributed by atoms with E-state index in [9.17, 15) is 4.39 Å². The molecule has 82 valence electrons. The summed E-state index contributed by atoms with van der Waals surface area (Å²) >= 11 is 0. The van der Waals surface area contributed by atoms with Crippen molar-refractivity contribution in [1.82, 2.24) is 10.2 Å². The minimum atomic E-state index is -0.537. The van der Waals surface area contributed by atoms with Crippen LogP contribution in [0.1, 0.15) is 19.8 Å². The average Bonchev–Trinajstić information content (AvgIpc) is 2.56. The summed E-state index contributed by atoms with van der Waals surface area (Å²) < 4.78 is 12.9. The Balaban J connectivity index is 1.74. The van der Waals surface area contributed by atoms with Crippen LogP contribution in [0.15, 0.2) is 0 Å². The monoisotopic (exact) mass is 200 g/mol. The first-order chi connectivity index (χ1) is 6.75. The summed E-state index contributed by atoms with van der Waals surface area (Å²) in [6, 6.07) is 0. The van der Waals surface area contributed by atoms with E-state index < -0.39 is 6.17 Å². The van der Waals surface area contributed by atoms with Crippen molar-refractivity contribution in [2.75, 3.05) is 32.7 Å². The Hall–Kier alpha value is -0.150. The molecule has 0 aromatic heterocycles. The van der Waals surface area contributed by atoms with Gasteiger partial charge in [-0.2, -0.15) is 0 Å². The third-order valence-electron chi connectivity index (χ3n) is 3.69. The first-order valence-electron chi connectivity index (χ1n) is 5.83. The van der Waals surface area contributed by atoms with Crippen molar-refractivity contribution in [2.24, 2.45) is 11.8 Å². The molecule has 2 unspecified atom stereocenters. The van der Waals surface area contributed by atoms with E-state index in [2.05, 4.69) is 17.1 Å². The summed E-state index contributed by atoms with van der Waals surface area (Å²) in [5.74, 6) is 1.57. The minimum Gasteiger partial charge on any atom is -0.316 e. The Morgan fingerprint density at radius 2 is 2.00 bits per heavy atom. The van der Waals surface area contributed by atoms with Gasteiger partial charge in [-0.3, -0.25) is 0 Å². The van der Waals surface area contributed by atoms with Crippen molar-refractivity contribution in [1.29, 1.82) is 0 Å². The number of nitrogens with zero attached hydrogens (tertiary/aromatic N) is 1. The number of rotatable bonds is 2. The molecule has 0 saturated carbocycles. The van der Waals surface area contributed by atoms with Crippen molar-refractivity contribution in [3.05, 3.63) is 0 Å². The zero-order valence-electron chi connectivity index (χ0n) is 9.01. The molecule has 2 saturated heterocycles. The number of hydrogen-bond donors (Lipinski definition) is 1. The summed E-state index contributed by atoms with van der Waals surface area (Å²) in [4.78, 5) is 2.43. The molecule has 2 heterocycles. The molecule has 3 heteroatoms. The molecule has 2 nitrogen and oxygen atoms in total. The highest BCUT2D eigenvalue weighted by Gasteiger charge is 2.27. The molecule has 0 aromatic rings. The van der Waals surface area contributed by atoms with Crippen LogP contribution in [-0.2, 0) is 0 Å². The highest BCUT2D eigenvalue weighted by atomic mass is 19.1. The maximum Gasteiger partial charge on any atom is 0.103 e. The fourth-order valence-corrected chi connectivity index (χ4v) is 2.52. The van der Waals surface area contributed by atoms with Crippen LogP contribution in [0.25, 0.3) is 0 Å². The van der Waals surface area contributed by atoms with Gasteiger partial charge in [-0.1, -0.05) is 6.92 Å². The Bertz CT molecular complexity index is 178. The largest absolute Gasteiger partial charge is 0.316 e. The Labute approximate surface area is 85.9 Å². The molecule has 0 radical (unpaired) electrons. The molecular formula is C11H21FN2. The lowest BCUT2D eigenvalue weighted by Crippen LogP contribution is -2.39. The van der Waals surface area contributed by atoms with Gasteiger partial charge in [0.2, 0.25) is 0 Å². The molecular weight excluding hydrogens is 179 g/mol. The Kier molecular flexibility index (Phi) is 3.39. The second-order valence-electron chi connectivity index (χ2n) is 4.87. The lowest BCUT2D eigenvalue weighted by Gasteiger charge is -2.31. The van der Waals surface area contributed by atoms with E-state index in [0.717, 1.165) is 50.9 Å². The highest BCUT2D eigenvalue weighted by molar-refractivity contribution is 4.82. The molecule has 0 spiro atoms. The number of alkyl halides is 1. The zero-order valence-corrected chi connectivity index (χ0v) is 9.01. The summed E-state index contributed by atoms with van der Waals surface area (Å²) in [6.45, 7) is 7.71. The Morgan fingerprint density at radius 1 is 1.29 bits per heavy atom. The zero-order chi connectivity index (χ0) is 9.97. The summed E-state index contributed by atoms with van der Waals surface area (Å²) in [6.07, 6.45) is 0.952. The molecule has 0 amide bonds. The van der Waals surface area contributed by atoms with Crippen LogP contribution in [0.4, 0.5) is 4.39 Å². The molecule has 0 aliphatic carbocycles.